The van der Waals surface area contributed by atoms with E-state index < -0.39 is 17.4 Å². The van der Waals surface area contributed by atoms with Crippen LogP contribution in [0.3, 0.4) is 0 Å². The maximum Gasteiger partial charge on any atom is 0.315 e. The van der Waals surface area contributed by atoms with Crippen molar-refractivity contribution in [1.29, 1.82) is 0 Å². The predicted molar refractivity (Wildman–Crippen MR) is 70.5 cm³/mol. The lowest BCUT2D eigenvalue weighted by Gasteiger charge is -2.26. The van der Waals surface area contributed by atoms with Crippen LogP contribution in [0.2, 0.25) is 0 Å². The highest BCUT2D eigenvalue weighted by molar-refractivity contribution is 5.79. The van der Waals surface area contributed by atoms with Gasteiger partial charge in [0.25, 0.3) is 0 Å². The maximum absolute atomic E-state index is 11.8. The molecule has 0 radical (unpaired) electrons. The molecular weight excluding hydrogens is 264 g/mol. The van der Waals surface area contributed by atoms with Gasteiger partial charge in [0.1, 0.15) is 5.41 Å². The number of carboxylic acids is 1. The van der Waals surface area contributed by atoms with Crippen molar-refractivity contribution in [2.45, 2.75) is 38.3 Å². The summed E-state index contributed by atoms with van der Waals surface area (Å²) in [6, 6.07) is -0.894. The average Bonchev–Trinajstić information content (AvgIpc) is 2.80. The van der Waals surface area contributed by atoms with Crippen molar-refractivity contribution in [2.75, 3.05) is 26.4 Å². The van der Waals surface area contributed by atoms with Crippen LogP contribution in [0.4, 0.5) is 4.79 Å². The smallest absolute Gasteiger partial charge is 0.315 e. The van der Waals surface area contributed by atoms with Crippen LogP contribution >= 0.6 is 0 Å². The Kier molecular flexibility index (Phi) is 4.82. The minimum Gasteiger partial charge on any atom is -0.481 e. The molecular formula is C13H22N2O5. The van der Waals surface area contributed by atoms with Gasteiger partial charge in [0.15, 0.2) is 0 Å². The van der Waals surface area contributed by atoms with Crippen molar-refractivity contribution in [2.24, 2.45) is 5.41 Å². The molecule has 2 saturated heterocycles. The van der Waals surface area contributed by atoms with E-state index in [2.05, 4.69) is 10.6 Å². The Balaban J connectivity index is 1.77. The number of urea groups is 1. The number of carbonyl (C=O) groups excluding carboxylic acids is 1. The highest BCUT2D eigenvalue weighted by Gasteiger charge is 2.47. The zero-order valence-corrected chi connectivity index (χ0v) is 11.7. The van der Waals surface area contributed by atoms with Gasteiger partial charge in [0.2, 0.25) is 0 Å². The third-order valence-corrected chi connectivity index (χ3v) is 4.01. The zero-order chi connectivity index (χ0) is 14.6. The van der Waals surface area contributed by atoms with Crippen molar-refractivity contribution >= 4 is 12.0 Å². The highest BCUT2D eigenvalue weighted by atomic mass is 16.5. The van der Waals surface area contributed by atoms with E-state index in [4.69, 9.17) is 9.47 Å². The Labute approximate surface area is 118 Å². The summed E-state index contributed by atoms with van der Waals surface area (Å²) in [7, 11) is 0. The van der Waals surface area contributed by atoms with Crippen LogP contribution in [-0.2, 0) is 14.3 Å². The van der Waals surface area contributed by atoms with E-state index >= 15 is 0 Å². The van der Waals surface area contributed by atoms with Crippen LogP contribution in [0.25, 0.3) is 0 Å². The second-order valence-electron chi connectivity index (χ2n) is 5.63. The van der Waals surface area contributed by atoms with Gasteiger partial charge < -0.3 is 25.2 Å². The van der Waals surface area contributed by atoms with Gasteiger partial charge in [-0.3, -0.25) is 4.79 Å². The largest absolute Gasteiger partial charge is 0.481 e. The number of hydrogen-bond acceptors (Lipinski definition) is 4. The van der Waals surface area contributed by atoms with Crippen LogP contribution in [0.5, 0.6) is 0 Å². The number of hydrogen-bond donors (Lipinski definition) is 3. The molecule has 2 rings (SSSR count). The summed E-state index contributed by atoms with van der Waals surface area (Å²) in [4.78, 5) is 23.1. The van der Waals surface area contributed by atoms with Gasteiger partial charge in [-0.15, -0.1) is 0 Å². The van der Waals surface area contributed by atoms with Crippen molar-refractivity contribution in [1.82, 2.24) is 10.6 Å². The molecule has 20 heavy (non-hydrogen) atoms. The Morgan fingerprint density at radius 3 is 2.85 bits per heavy atom. The van der Waals surface area contributed by atoms with E-state index in [1.54, 1.807) is 6.92 Å². The molecule has 3 atom stereocenters. The molecule has 2 amide bonds. The third kappa shape index (κ3) is 3.40. The Morgan fingerprint density at radius 2 is 2.20 bits per heavy atom. The fraction of sp³-hybridized carbons (Fsp3) is 0.846. The van der Waals surface area contributed by atoms with E-state index in [9.17, 15) is 14.7 Å². The van der Waals surface area contributed by atoms with Crippen LogP contribution < -0.4 is 10.6 Å². The summed E-state index contributed by atoms with van der Waals surface area (Å²) in [6.45, 7) is 3.09. The zero-order valence-electron chi connectivity index (χ0n) is 11.7. The molecule has 2 aliphatic heterocycles. The molecule has 2 heterocycles. The SMILES string of the molecule is CC1(C(=O)O)COCC1NC(=O)NCC1CCCCO1. The van der Waals surface area contributed by atoms with Gasteiger partial charge >= 0.3 is 12.0 Å². The third-order valence-electron chi connectivity index (χ3n) is 4.01. The summed E-state index contributed by atoms with van der Waals surface area (Å²) in [6.07, 6.45) is 3.18. The predicted octanol–water partition coefficient (Wildman–Crippen LogP) is 0.344. The van der Waals surface area contributed by atoms with E-state index in [-0.39, 0.29) is 25.3 Å². The minimum absolute atomic E-state index is 0.0557. The molecule has 7 nitrogen and oxygen atoms in total. The quantitative estimate of drug-likeness (QED) is 0.692. The standard InChI is InChI=1S/C13H22N2O5/c1-13(11(16)17)8-19-7-10(13)15-12(18)14-6-9-4-2-3-5-20-9/h9-10H,2-8H2,1H3,(H,16,17)(H2,14,15,18). The lowest BCUT2D eigenvalue weighted by Crippen LogP contribution is -2.53. The fourth-order valence-electron chi connectivity index (χ4n) is 2.47. The Morgan fingerprint density at radius 1 is 1.40 bits per heavy atom. The number of amides is 2. The van der Waals surface area contributed by atoms with Gasteiger partial charge in [0, 0.05) is 13.2 Å². The summed E-state index contributed by atoms with van der Waals surface area (Å²) in [5.41, 5.74) is -1.07. The van der Waals surface area contributed by atoms with Gasteiger partial charge in [-0.1, -0.05) is 0 Å². The Hall–Kier alpha value is -1.34. The van der Waals surface area contributed by atoms with Crippen molar-refractivity contribution in [3.63, 3.8) is 0 Å². The highest BCUT2D eigenvalue weighted by Crippen LogP contribution is 2.28. The first-order valence-electron chi connectivity index (χ1n) is 6.99. The monoisotopic (exact) mass is 286 g/mol. The van der Waals surface area contributed by atoms with Gasteiger partial charge in [0.05, 0.1) is 25.4 Å². The van der Waals surface area contributed by atoms with Crippen molar-refractivity contribution in [3.05, 3.63) is 0 Å². The van der Waals surface area contributed by atoms with Crippen LogP contribution in [0.15, 0.2) is 0 Å². The van der Waals surface area contributed by atoms with Crippen LogP contribution in [0.1, 0.15) is 26.2 Å². The second-order valence-corrected chi connectivity index (χ2v) is 5.63. The lowest BCUT2D eigenvalue weighted by molar-refractivity contribution is -0.148. The molecule has 3 unspecified atom stereocenters. The summed E-state index contributed by atoms with van der Waals surface area (Å²) >= 11 is 0. The molecule has 0 bridgehead atoms. The van der Waals surface area contributed by atoms with E-state index in [0.717, 1.165) is 25.9 Å². The normalized spacial score (nSPS) is 33.6. The lowest BCUT2D eigenvalue weighted by atomic mass is 9.85. The van der Waals surface area contributed by atoms with E-state index in [0.29, 0.717) is 6.54 Å². The number of ether oxygens (including phenoxy) is 2. The molecule has 0 spiro atoms. The number of carboxylic acid groups (broad SMARTS) is 1. The molecule has 0 saturated carbocycles. The molecule has 0 aromatic heterocycles. The van der Waals surface area contributed by atoms with Gasteiger partial charge in [-0.2, -0.15) is 0 Å². The molecule has 0 aliphatic carbocycles. The number of nitrogens with one attached hydrogen (secondary N) is 2. The number of rotatable bonds is 4. The van der Waals surface area contributed by atoms with E-state index in [1.807, 2.05) is 0 Å². The molecule has 114 valence electrons. The topological polar surface area (TPSA) is 96.9 Å². The molecule has 0 aromatic carbocycles. The van der Waals surface area contributed by atoms with Crippen LogP contribution in [-0.4, -0.2) is 55.6 Å². The van der Waals surface area contributed by atoms with Crippen molar-refractivity contribution in [3.8, 4) is 0 Å². The number of aliphatic carboxylic acids is 1. The molecule has 2 aliphatic rings. The van der Waals surface area contributed by atoms with Gasteiger partial charge in [-0.05, 0) is 26.2 Å². The molecule has 3 N–H and O–H groups in total. The first-order valence-corrected chi connectivity index (χ1v) is 6.99. The fourth-order valence-corrected chi connectivity index (χ4v) is 2.47. The summed E-state index contributed by atoms with van der Waals surface area (Å²) in [5, 5.41) is 14.6. The summed E-state index contributed by atoms with van der Waals surface area (Å²) in [5.74, 6) is -0.962. The van der Waals surface area contributed by atoms with Crippen molar-refractivity contribution < 1.29 is 24.2 Å². The molecule has 7 heteroatoms. The second kappa shape index (κ2) is 6.41. The minimum atomic E-state index is -1.07. The van der Waals surface area contributed by atoms with Crippen LogP contribution in [0, 0.1) is 5.41 Å². The first-order chi connectivity index (χ1) is 9.52. The maximum atomic E-state index is 11.8. The summed E-state index contributed by atoms with van der Waals surface area (Å²) < 4.78 is 10.7. The molecule has 0 aromatic rings. The Bertz CT molecular complexity index is 370. The molecule has 2 fully saturated rings. The van der Waals surface area contributed by atoms with Gasteiger partial charge in [-0.25, -0.2) is 4.79 Å². The first kappa shape index (κ1) is 15.1. The van der Waals surface area contributed by atoms with E-state index in [1.165, 1.54) is 0 Å². The number of carbonyl (C=O) groups is 2. The average molecular weight is 286 g/mol.